The minimum atomic E-state index is -0.395. The number of aromatic nitrogens is 1. The second kappa shape index (κ2) is 8.50. The third-order valence-corrected chi connectivity index (χ3v) is 6.50. The summed E-state index contributed by atoms with van der Waals surface area (Å²) in [5.41, 5.74) is 1.47. The lowest BCUT2D eigenvalue weighted by atomic mass is 9.73. The summed E-state index contributed by atoms with van der Waals surface area (Å²) in [4.78, 5) is 19.8. The van der Waals surface area contributed by atoms with Gasteiger partial charge in [-0.05, 0) is 76.3 Å². The summed E-state index contributed by atoms with van der Waals surface area (Å²) >= 11 is 0. The normalized spacial score (nSPS) is 26.3. The number of carbonyl (C=O) groups excluding carboxylic acids is 1. The smallest absolute Gasteiger partial charge is 0.408 e. The van der Waals surface area contributed by atoms with Crippen LogP contribution >= 0.6 is 0 Å². The molecular formula is C25H33N3O3. The Hall–Kier alpha value is -2.60. The van der Waals surface area contributed by atoms with Gasteiger partial charge in [0.2, 0.25) is 0 Å². The van der Waals surface area contributed by atoms with Gasteiger partial charge in [0.25, 0.3) is 0 Å². The largest absolute Gasteiger partial charge is 0.497 e. The number of hydrogen-bond donors (Lipinski definition) is 1. The molecule has 166 valence electrons. The van der Waals surface area contributed by atoms with Gasteiger partial charge >= 0.3 is 6.09 Å². The highest BCUT2D eigenvalue weighted by Gasteiger charge is 2.44. The summed E-state index contributed by atoms with van der Waals surface area (Å²) in [6.45, 7) is 11.9. The van der Waals surface area contributed by atoms with E-state index in [1.54, 1.807) is 13.3 Å². The van der Waals surface area contributed by atoms with Crippen LogP contribution in [0.4, 0.5) is 4.79 Å². The number of rotatable bonds is 5. The number of benzene rings is 1. The maximum atomic E-state index is 12.9. The molecule has 2 aromatic rings. The number of piperidine rings is 3. The summed E-state index contributed by atoms with van der Waals surface area (Å²) in [6, 6.07) is 7.94. The Balaban J connectivity index is 1.74. The molecule has 1 amide bonds. The second-order valence-electron chi connectivity index (χ2n) is 9.73. The van der Waals surface area contributed by atoms with Crippen molar-refractivity contribution in [2.45, 2.75) is 51.3 Å². The molecular weight excluding hydrogens is 390 g/mol. The van der Waals surface area contributed by atoms with Gasteiger partial charge in [-0.3, -0.25) is 9.88 Å². The number of ether oxygens (including phenoxy) is 2. The highest BCUT2D eigenvalue weighted by Crippen LogP contribution is 2.43. The van der Waals surface area contributed by atoms with E-state index in [0.717, 1.165) is 41.7 Å². The number of methoxy groups -OCH3 is 1. The van der Waals surface area contributed by atoms with E-state index in [1.165, 1.54) is 6.42 Å². The van der Waals surface area contributed by atoms with Gasteiger partial charge in [0.05, 0.1) is 18.7 Å². The molecule has 5 rings (SSSR count). The van der Waals surface area contributed by atoms with Crippen molar-refractivity contribution in [3.8, 4) is 5.75 Å². The van der Waals surface area contributed by atoms with Gasteiger partial charge in [0.1, 0.15) is 11.9 Å². The highest BCUT2D eigenvalue weighted by molar-refractivity contribution is 5.84. The van der Waals surface area contributed by atoms with Crippen molar-refractivity contribution in [2.24, 2.45) is 11.8 Å². The zero-order valence-corrected chi connectivity index (χ0v) is 18.9. The molecule has 1 N–H and O–H groups in total. The van der Waals surface area contributed by atoms with Crippen molar-refractivity contribution in [3.63, 3.8) is 0 Å². The second-order valence-corrected chi connectivity index (χ2v) is 9.73. The van der Waals surface area contributed by atoms with Gasteiger partial charge in [0, 0.05) is 29.2 Å². The first kappa shape index (κ1) is 21.6. The summed E-state index contributed by atoms with van der Waals surface area (Å²) in [5.74, 6) is 1.84. The molecule has 5 atom stereocenters. The van der Waals surface area contributed by atoms with Gasteiger partial charge in [-0.15, -0.1) is 6.58 Å². The predicted molar refractivity (Wildman–Crippen MR) is 122 cm³/mol. The lowest BCUT2D eigenvalue weighted by Crippen LogP contribution is -2.56. The van der Waals surface area contributed by atoms with Crippen LogP contribution < -0.4 is 10.1 Å². The number of pyridine rings is 1. The zero-order valence-electron chi connectivity index (χ0n) is 18.9. The van der Waals surface area contributed by atoms with Gasteiger partial charge in [-0.25, -0.2) is 4.79 Å². The first-order valence-corrected chi connectivity index (χ1v) is 11.1. The topological polar surface area (TPSA) is 63.7 Å². The molecule has 6 heteroatoms. The van der Waals surface area contributed by atoms with Crippen molar-refractivity contribution in [1.82, 2.24) is 15.2 Å². The van der Waals surface area contributed by atoms with Crippen LogP contribution in [0.5, 0.6) is 5.75 Å². The van der Waals surface area contributed by atoms with Crippen LogP contribution in [0.3, 0.4) is 0 Å². The van der Waals surface area contributed by atoms with E-state index < -0.39 is 12.2 Å². The minimum Gasteiger partial charge on any atom is -0.497 e. The van der Waals surface area contributed by atoms with Crippen LogP contribution in [-0.4, -0.2) is 47.8 Å². The molecule has 2 bridgehead atoms. The molecule has 0 radical (unpaired) electrons. The Morgan fingerprint density at radius 1 is 1.35 bits per heavy atom. The van der Waals surface area contributed by atoms with Crippen molar-refractivity contribution < 1.29 is 14.3 Å². The molecule has 1 aromatic heterocycles. The Morgan fingerprint density at radius 2 is 2.16 bits per heavy atom. The van der Waals surface area contributed by atoms with Crippen LogP contribution in [-0.2, 0) is 4.74 Å². The van der Waals surface area contributed by atoms with Crippen LogP contribution in [0, 0.1) is 11.8 Å². The van der Waals surface area contributed by atoms with Gasteiger partial charge in [0.15, 0.2) is 0 Å². The fraction of sp³-hybridized carbons (Fsp3) is 0.520. The highest BCUT2D eigenvalue weighted by atomic mass is 16.6. The number of carbonyl (C=O) groups is 1. The monoisotopic (exact) mass is 423 g/mol. The predicted octanol–water partition coefficient (Wildman–Crippen LogP) is 4.71. The summed E-state index contributed by atoms with van der Waals surface area (Å²) in [7, 11) is 1.66. The van der Waals surface area contributed by atoms with Crippen molar-refractivity contribution in [2.75, 3.05) is 20.2 Å². The third kappa shape index (κ3) is 4.54. The van der Waals surface area contributed by atoms with Crippen LogP contribution in [0.25, 0.3) is 10.9 Å². The Bertz CT molecular complexity index is 968. The Labute approximate surface area is 184 Å². The lowest BCUT2D eigenvalue weighted by molar-refractivity contribution is -0.0506. The fourth-order valence-electron chi connectivity index (χ4n) is 5.01. The minimum absolute atomic E-state index is 0.123. The third-order valence-electron chi connectivity index (χ3n) is 6.50. The summed E-state index contributed by atoms with van der Waals surface area (Å²) in [6.07, 6.45) is 5.24. The van der Waals surface area contributed by atoms with Crippen molar-refractivity contribution in [3.05, 3.63) is 48.7 Å². The molecule has 3 aliphatic rings. The average Bonchev–Trinajstić information content (AvgIpc) is 2.75. The molecule has 3 fully saturated rings. The van der Waals surface area contributed by atoms with Gasteiger partial charge < -0.3 is 14.8 Å². The number of hydrogen-bond acceptors (Lipinski definition) is 5. The average molecular weight is 424 g/mol. The van der Waals surface area contributed by atoms with E-state index >= 15 is 0 Å². The number of alkyl carbamates (subject to hydrolysis) is 1. The summed E-state index contributed by atoms with van der Waals surface area (Å²) in [5, 5.41) is 3.91. The Kier molecular flexibility index (Phi) is 5.93. The molecule has 6 nitrogen and oxygen atoms in total. The van der Waals surface area contributed by atoms with Gasteiger partial charge in [-0.2, -0.15) is 0 Å². The van der Waals surface area contributed by atoms with Crippen LogP contribution in [0.15, 0.2) is 43.1 Å². The fourth-order valence-corrected chi connectivity index (χ4v) is 5.01. The molecule has 4 heterocycles. The molecule has 0 saturated carbocycles. The lowest BCUT2D eigenvalue weighted by Gasteiger charge is -2.51. The molecule has 3 saturated heterocycles. The maximum Gasteiger partial charge on any atom is 0.408 e. The van der Waals surface area contributed by atoms with E-state index in [9.17, 15) is 4.79 Å². The molecule has 0 spiro atoms. The van der Waals surface area contributed by atoms with Crippen molar-refractivity contribution >= 4 is 17.0 Å². The van der Waals surface area contributed by atoms with E-state index in [2.05, 4.69) is 27.9 Å². The van der Waals surface area contributed by atoms with Crippen LogP contribution in [0.1, 0.15) is 45.3 Å². The molecule has 3 aliphatic heterocycles. The quantitative estimate of drug-likeness (QED) is 0.706. The van der Waals surface area contributed by atoms with Crippen molar-refractivity contribution in [1.29, 1.82) is 0 Å². The van der Waals surface area contributed by atoms with E-state index in [-0.39, 0.29) is 11.6 Å². The Morgan fingerprint density at radius 3 is 2.81 bits per heavy atom. The van der Waals surface area contributed by atoms with Gasteiger partial charge in [-0.1, -0.05) is 6.08 Å². The standard InChI is InChI=1S/C25H33N3O3/c1-6-16-15-28-12-10-17(16)13-22(28)23(31-24(29)27-25(2,3)4)19-9-11-26-21-8-7-18(30-5)14-20(19)21/h6-9,11,14,16-17,22-23H,1,10,12-13,15H2,2-5H3,(H,27,29)/t16-,17-,22+,23?/m0/s1. The van der Waals surface area contributed by atoms with E-state index in [4.69, 9.17) is 9.47 Å². The first-order valence-electron chi connectivity index (χ1n) is 11.1. The summed E-state index contributed by atoms with van der Waals surface area (Å²) < 4.78 is 11.6. The SMILES string of the molecule is C=C[C@H]1CN2CC[C@H]1C[C@@H]2C(OC(=O)NC(C)(C)C)c1ccnc2ccc(OC)cc12. The van der Waals surface area contributed by atoms with Crippen LogP contribution in [0.2, 0.25) is 0 Å². The molecule has 0 aliphatic carbocycles. The number of amides is 1. The number of nitrogens with one attached hydrogen (secondary N) is 1. The number of nitrogens with zero attached hydrogens (tertiary/aromatic N) is 2. The first-order chi connectivity index (χ1) is 14.8. The number of fused-ring (bicyclic) bond motifs is 4. The molecule has 31 heavy (non-hydrogen) atoms. The van der Waals surface area contributed by atoms with E-state index in [0.29, 0.717) is 11.8 Å². The zero-order chi connectivity index (χ0) is 22.2. The molecule has 1 aromatic carbocycles. The molecule has 2 unspecified atom stereocenters. The maximum absolute atomic E-state index is 12.9. The van der Waals surface area contributed by atoms with E-state index in [1.807, 2.05) is 45.0 Å².